The second kappa shape index (κ2) is 5.21. The van der Waals surface area contributed by atoms with E-state index >= 15 is 0 Å². The number of carbonyl (C=O) groups excluding carboxylic acids is 1. The van der Waals surface area contributed by atoms with Crippen LogP contribution in [-0.4, -0.2) is 55.7 Å². The Morgan fingerprint density at radius 1 is 1.30 bits per heavy atom. The van der Waals surface area contributed by atoms with Gasteiger partial charge < -0.3 is 10.0 Å². The predicted octanol–water partition coefficient (Wildman–Crippen LogP) is 1.06. The van der Waals surface area contributed by atoms with Crippen molar-refractivity contribution in [3.8, 4) is 0 Å². The number of carbonyl (C=O) groups is 2. The van der Waals surface area contributed by atoms with Crippen LogP contribution in [0.3, 0.4) is 0 Å². The summed E-state index contributed by atoms with van der Waals surface area (Å²) in [5, 5.41) is 12.9. The molecule has 0 saturated carbocycles. The maximum atomic E-state index is 13.0. The van der Waals surface area contributed by atoms with Crippen molar-refractivity contribution in [2.45, 2.75) is 6.18 Å². The van der Waals surface area contributed by atoms with Crippen LogP contribution in [0.5, 0.6) is 0 Å². The van der Waals surface area contributed by atoms with E-state index in [4.69, 9.17) is 5.11 Å². The van der Waals surface area contributed by atoms with E-state index < -0.39 is 43.0 Å². The molecule has 1 aliphatic heterocycles. The molecule has 3 rings (SSSR count). The minimum absolute atomic E-state index is 0.0394. The Morgan fingerprint density at radius 2 is 2.04 bits per heavy atom. The zero-order valence-corrected chi connectivity index (χ0v) is 11.6. The topological polar surface area (TPSA) is 87.8 Å². The molecule has 0 aromatic carbocycles. The molecule has 0 unspecified atom stereocenters. The Kier molecular flexibility index (Phi) is 3.46. The van der Waals surface area contributed by atoms with E-state index in [2.05, 4.69) is 10.1 Å². The van der Waals surface area contributed by atoms with Crippen molar-refractivity contribution in [3.05, 3.63) is 30.2 Å². The number of rotatable bonds is 2. The largest absolute Gasteiger partial charge is 0.481 e. The van der Waals surface area contributed by atoms with Crippen LogP contribution in [-0.2, 0) is 4.79 Å². The second-order valence-corrected chi connectivity index (χ2v) is 5.25. The molecular formula is C13H11F3N4O3. The third kappa shape index (κ3) is 2.60. The highest BCUT2D eigenvalue weighted by atomic mass is 19.4. The van der Waals surface area contributed by atoms with Crippen molar-refractivity contribution in [2.24, 2.45) is 11.8 Å². The fourth-order valence-electron chi connectivity index (χ4n) is 2.70. The molecule has 1 N–H and O–H groups in total. The first-order valence-electron chi connectivity index (χ1n) is 6.66. The van der Waals surface area contributed by atoms with Gasteiger partial charge in [0, 0.05) is 25.5 Å². The van der Waals surface area contributed by atoms with E-state index in [1.165, 1.54) is 16.9 Å². The molecular weight excluding hydrogens is 317 g/mol. The van der Waals surface area contributed by atoms with E-state index in [1.807, 2.05) is 0 Å². The first-order valence-corrected chi connectivity index (χ1v) is 6.66. The van der Waals surface area contributed by atoms with E-state index in [0.717, 1.165) is 4.90 Å². The number of aliphatic carboxylic acids is 1. The van der Waals surface area contributed by atoms with Crippen molar-refractivity contribution in [1.82, 2.24) is 19.5 Å². The Morgan fingerprint density at radius 3 is 2.65 bits per heavy atom. The van der Waals surface area contributed by atoms with Gasteiger partial charge in [-0.25, -0.2) is 9.50 Å². The molecule has 2 aromatic heterocycles. The van der Waals surface area contributed by atoms with Gasteiger partial charge in [0.2, 0.25) is 0 Å². The third-order valence-corrected chi connectivity index (χ3v) is 3.85. The summed E-state index contributed by atoms with van der Waals surface area (Å²) in [5.74, 6) is -6.04. The highest BCUT2D eigenvalue weighted by Gasteiger charge is 2.53. The summed E-state index contributed by atoms with van der Waals surface area (Å²) in [6, 6.07) is 1.59. The molecule has 0 bridgehead atoms. The average molecular weight is 328 g/mol. The van der Waals surface area contributed by atoms with Gasteiger partial charge in [-0.05, 0) is 6.07 Å². The molecule has 1 aliphatic rings. The van der Waals surface area contributed by atoms with Crippen molar-refractivity contribution in [3.63, 3.8) is 0 Å². The summed E-state index contributed by atoms with van der Waals surface area (Å²) < 4.78 is 40.2. The standard InChI is InChI=1S/C13H11F3N4O3/c14-13(15,16)9-6-19(5-8(9)12(22)23)11(21)7-4-18-20-3-1-2-17-10(7)20/h1-4,8-9H,5-6H2,(H,22,23)/t8-,9-/m1/s1. The number of alkyl halides is 3. The average Bonchev–Trinajstić information content (AvgIpc) is 3.10. The number of carboxylic acid groups (broad SMARTS) is 1. The number of amides is 1. The summed E-state index contributed by atoms with van der Waals surface area (Å²) >= 11 is 0. The number of nitrogens with zero attached hydrogens (tertiary/aromatic N) is 4. The van der Waals surface area contributed by atoms with Gasteiger partial charge in [-0.2, -0.15) is 18.3 Å². The van der Waals surface area contributed by atoms with E-state index in [9.17, 15) is 22.8 Å². The van der Waals surface area contributed by atoms with Crippen LogP contribution in [0.25, 0.3) is 5.65 Å². The molecule has 122 valence electrons. The lowest BCUT2D eigenvalue weighted by Crippen LogP contribution is -2.34. The van der Waals surface area contributed by atoms with Gasteiger partial charge in [0.25, 0.3) is 5.91 Å². The number of fused-ring (bicyclic) bond motifs is 1. The number of likely N-dealkylation sites (tertiary alicyclic amines) is 1. The van der Waals surface area contributed by atoms with Crippen molar-refractivity contribution < 1.29 is 27.9 Å². The first kappa shape index (κ1) is 15.3. The Bertz CT molecular complexity index is 773. The molecule has 23 heavy (non-hydrogen) atoms. The number of hydrogen-bond donors (Lipinski definition) is 1. The molecule has 1 fully saturated rings. The quantitative estimate of drug-likeness (QED) is 0.891. The lowest BCUT2D eigenvalue weighted by atomic mass is 9.96. The van der Waals surface area contributed by atoms with Gasteiger partial charge in [0.1, 0.15) is 5.56 Å². The lowest BCUT2D eigenvalue weighted by molar-refractivity contribution is -0.187. The minimum Gasteiger partial charge on any atom is -0.481 e. The van der Waals surface area contributed by atoms with Gasteiger partial charge in [0.15, 0.2) is 5.65 Å². The van der Waals surface area contributed by atoms with Crippen molar-refractivity contribution in [2.75, 3.05) is 13.1 Å². The number of carboxylic acids is 1. The molecule has 1 amide bonds. The second-order valence-electron chi connectivity index (χ2n) is 5.25. The molecule has 2 atom stereocenters. The Hall–Kier alpha value is -2.65. The van der Waals surface area contributed by atoms with Crippen molar-refractivity contribution >= 4 is 17.5 Å². The fourth-order valence-corrected chi connectivity index (χ4v) is 2.70. The molecule has 7 nitrogen and oxygen atoms in total. The van der Waals surface area contributed by atoms with Gasteiger partial charge in [0.05, 0.1) is 18.0 Å². The van der Waals surface area contributed by atoms with Crippen LogP contribution in [0.1, 0.15) is 10.4 Å². The smallest absolute Gasteiger partial charge is 0.394 e. The van der Waals surface area contributed by atoms with E-state index in [0.29, 0.717) is 0 Å². The molecule has 3 heterocycles. The highest BCUT2D eigenvalue weighted by molar-refractivity contribution is 6.00. The van der Waals surface area contributed by atoms with Crippen molar-refractivity contribution in [1.29, 1.82) is 0 Å². The van der Waals surface area contributed by atoms with E-state index in [-0.39, 0.29) is 11.2 Å². The Balaban J connectivity index is 1.90. The number of halogens is 3. The summed E-state index contributed by atoms with van der Waals surface area (Å²) in [4.78, 5) is 28.4. The van der Waals surface area contributed by atoms with Gasteiger partial charge in [-0.3, -0.25) is 9.59 Å². The van der Waals surface area contributed by atoms with Gasteiger partial charge >= 0.3 is 12.1 Å². The first-order chi connectivity index (χ1) is 10.8. The molecule has 0 radical (unpaired) electrons. The van der Waals surface area contributed by atoms with Crippen LogP contribution >= 0.6 is 0 Å². The summed E-state index contributed by atoms with van der Waals surface area (Å²) in [6.45, 7) is -1.19. The molecule has 1 saturated heterocycles. The van der Waals surface area contributed by atoms with Crippen LogP contribution in [0.2, 0.25) is 0 Å². The fraction of sp³-hybridized carbons (Fsp3) is 0.385. The van der Waals surface area contributed by atoms with Crippen LogP contribution < -0.4 is 0 Å². The van der Waals surface area contributed by atoms with E-state index in [1.54, 1.807) is 12.3 Å². The highest BCUT2D eigenvalue weighted by Crippen LogP contribution is 2.38. The molecule has 2 aromatic rings. The zero-order chi connectivity index (χ0) is 16.8. The number of aromatic nitrogens is 3. The lowest BCUT2D eigenvalue weighted by Gasteiger charge is -2.18. The molecule has 0 aliphatic carbocycles. The Labute approximate surface area is 127 Å². The molecule has 10 heteroatoms. The SMILES string of the molecule is O=C(O)[C@@H]1CN(C(=O)c2cnn3cccnc23)C[C@H]1C(F)(F)F. The maximum Gasteiger partial charge on any atom is 0.394 e. The van der Waals surface area contributed by atoms with Gasteiger partial charge in [-0.1, -0.05) is 0 Å². The summed E-state index contributed by atoms with van der Waals surface area (Å²) in [5.41, 5.74) is 0.248. The third-order valence-electron chi connectivity index (χ3n) is 3.85. The zero-order valence-electron chi connectivity index (χ0n) is 11.6. The van der Waals surface area contributed by atoms with Crippen LogP contribution in [0.4, 0.5) is 13.2 Å². The number of hydrogen-bond acceptors (Lipinski definition) is 4. The van der Waals surface area contributed by atoms with Crippen LogP contribution in [0, 0.1) is 11.8 Å². The predicted molar refractivity (Wildman–Crippen MR) is 69.6 cm³/mol. The monoisotopic (exact) mass is 328 g/mol. The van der Waals surface area contributed by atoms with Crippen LogP contribution in [0.15, 0.2) is 24.7 Å². The van der Waals surface area contributed by atoms with Gasteiger partial charge in [-0.15, -0.1) is 0 Å². The maximum absolute atomic E-state index is 13.0. The minimum atomic E-state index is -4.68. The molecule has 0 spiro atoms. The normalized spacial score (nSPS) is 21.8. The summed E-state index contributed by atoms with van der Waals surface area (Å²) in [6.07, 6.45) is -0.503. The summed E-state index contributed by atoms with van der Waals surface area (Å²) in [7, 11) is 0.